The summed E-state index contributed by atoms with van der Waals surface area (Å²) in [6.07, 6.45) is 0.493. The van der Waals surface area contributed by atoms with Crippen molar-refractivity contribution in [1.29, 1.82) is 0 Å². The van der Waals surface area contributed by atoms with Crippen LogP contribution < -0.4 is 4.90 Å². The lowest BCUT2D eigenvalue weighted by Crippen LogP contribution is -2.48. The zero-order valence-electron chi connectivity index (χ0n) is 24.3. The second-order valence-electron chi connectivity index (χ2n) is 10.5. The molecular weight excluding hydrogens is 596 g/mol. The Morgan fingerprint density at radius 2 is 1.93 bits per heavy atom. The van der Waals surface area contributed by atoms with E-state index in [9.17, 15) is 14.0 Å². The number of likely N-dealkylation sites (tertiary alicyclic amines) is 1. The molecule has 2 aromatic heterocycles. The highest BCUT2D eigenvalue weighted by molar-refractivity contribution is 6.33. The number of carbonyl (C=O) groups excluding carboxylic acids is 2. The van der Waals surface area contributed by atoms with Gasteiger partial charge in [0.15, 0.2) is 11.3 Å². The number of hydrogen-bond donors (Lipinski definition) is 0. The van der Waals surface area contributed by atoms with E-state index in [1.165, 1.54) is 12.1 Å². The van der Waals surface area contributed by atoms with Gasteiger partial charge in [0, 0.05) is 44.9 Å². The first kappa shape index (κ1) is 30.7. The average molecular weight is 629 g/mol. The van der Waals surface area contributed by atoms with Crippen molar-refractivity contribution < 1.29 is 23.5 Å². The summed E-state index contributed by atoms with van der Waals surface area (Å²) in [6.45, 7) is 4.78. The summed E-state index contributed by atoms with van der Waals surface area (Å²) in [5.74, 6) is -0.627. The van der Waals surface area contributed by atoms with E-state index in [-0.39, 0.29) is 41.0 Å². The molecular formula is C31H32Cl2FN5O4. The first-order chi connectivity index (χ1) is 20.6. The molecule has 0 saturated carbocycles. The average Bonchev–Trinajstić information content (AvgIpc) is 3.42. The van der Waals surface area contributed by atoms with E-state index in [0.717, 1.165) is 11.3 Å². The van der Waals surface area contributed by atoms with Crippen LogP contribution in [0, 0.1) is 18.7 Å². The van der Waals surface area contributed by atoms with Crippen LogP contribution in [0.2, 0.25) is 10.0 Å². The number of para-hydroxylation sites is 1. The number of aryl methyl sites for hydroxylation is 1. The summed E-state index contributed by atoms with van der Waals surface area (Å²) in [5, 5.41) is 5.21. The van der Waals surface area contributed by atoms with Gasteiger partial charge in [-0.1, -0.05) is 41.4 Å². The van der Waals surface area contributed by atoms with Gasteiger partial charge >= 0.3 is 5.97 Å². The number of ether oxygens (including phenoxy) is 2. The number of piperidine rings is 1. The fraction of sp³-hybridized carbons (Fsp3) is 0.355. The lowest BCUT2D eigenvalue weighted by molar-refractivity contribution is -0.146. The molecule has 0 N–H and O–H groups in total. The van der Waals surface area contributed by atoms with E-state index in [1.54, 1.807) is 47.7 Å². The Labute approximate surface area is 259 Å². The fourth-order valence-corrected chi connectivity index (χ4v) is 5.98. The van der Waals surface area contributed by atoms with Crippen molar-refractivity contribution in [2.24, 2.45) is 5.92 Å². The molecule has 1 fully saturated rings. The molecule has 0 aliphatic carbocycles. The predicted molar refractivity (Wildman–Crippen MR) is 164 cm³/mol. The predicted octanol–water partition coefficient (Wildman–Crippen LogP) is 6.35. The van der Waals surface area contributed by atoms with Gasteiger partial charge in [0.1, 0.15) is 11.6 Å². The van der Waals surface area contributed by atoms with Gasteiger partial charge in [0.25, 0.3) is 5.91 Å². The van der Waals surface area contributed by atoms with Crippen LogP contribution >= 0.6 is 23.2 Å². The molecule has 1 amide bonds. The van der Waals surface area contributed by atoms with Gasteiger partial charge in [-0.05, 0) is 49.9 Å². The molecule has 0 bridgehead atoms. The Hall–Kier alpha value is -3.73. The Bertz CT molecular complexity index is 1660. The third kappa shape index (κ3) is 6.32. The zero-order valence-corrected chi connectivity index (χ0v) is 25.8. The molecule has 2 atom stereocenters. The van der Waals surface area contributed by atoms with Gasteiger partial charge in [-0.2, -0.15) is 9.61 Å². The van der Waals surface area contributed by atoms with E-state index in [1.807, 2.05) is 31.0 Å². The number of fused-ring (bicyclic) bond motifs is 1. The molecule has 9 nitrogen and oxygen atoms in total. The Morgan fingerprint density at radius 1 is 1.14 bits per heavy atom. The summed E-state index contributed by atoms with van der Waals surface area (Å²) in [6, 6.07) is 13.5. The molecule has 0 unspecified atom stereocenters. The highest BCUT2D eigenvalue weighted by atomic mass is 35.5. The van der Waals surface area contributed by atoms with Crippen LogP contribution in [0.1, 0.15) is 35.8 Å². The summed E-state index contributed by atoms with van der Waals surface area (Å²) < 4.78 is 26.8. The van der Waals surface area contributed by atoms with Crippen LogP contribution in [0.5, 0.6) is 0 Å². The lowest BCUT2D eigenvalue weighted by Gasteiger charge is -2.37. The molecule has 0 spiro atoms. The first-order valence-corrected chi connectivity index (χ1v) is 14.7. The maximum atomic E-state index is 14.4. The zero-order chi connectivity index (χ0) is 30.8. The van der Waals surface area contributed by atoms with Crippen molar-refractivity contribution in [2.75, 3.05) is 38.8 Å². The second kappa shape index (κ2) is 12.9. The summed E-state index contributed by atoms with van der Waals surface area (Å²) in [4.78, 5) is 34.1. The second-order valence-corrected chi connectivity index (χ2v) is 11.3. The third-order valence-electron chi connectivity index (χ3n) is 7.73. The van der Waals surface area contributed by atoms with Gasteiger partial charge in [-0.15, -0.1) is 0 Å². The quantitative estimate of drug-likeness (QED) is 0.210. The van der Waals surface area contributed by atoms with Crippen molar-refractivity contribution in [2.45, 2.75) is 32.8 Å². The molecule has 5 rings (SSSR count). The molecule has 4 aromatic rings. The monoisotopic (exact) mass is 627 g/mol. The molecule has 1 aliphatic rings. The normalized spacial score (nSPS) is 16.9. The number of benzene rings is 2. The molecule has 226 valence electrons. The highest BCUT2D eigenvalue weighted by Gasteiger charge is 2.34. The SMILES string of the molecule is CCOC(=O)C[C@@H]1CCN(C(=O)c2cc3nc(-c4ccc(Cl)c(F)c4)cc(N(C)c4c(C)cccc4Cl)n3n2)C[C@@H]1OC. The maximum Gasteiger partial charge on any atom is 0.306 e. The van der Waals surface area contributed by atoms with E-state index >= 15 is 0 Å². The van der Waals surface area contributed by atoms with Crippen molar-refractivity contribution in [1.82, 2.24) is 19.5 Å². The maximum absolute atomic E-state index is 14.4. The van der Waals surface area contributed by atoms with Crippen LogP contribution in [0.4, 0.5) is 15.9 Å². The van der Waals surface area contributed by atoms with Crippen molar-refractivity contribution in [3.63, 3.8) is 0 Å². The van der Waals surface area contributed by atoms with E-state index in [0.29, 0.717) is 53.9 Å². The number of hydrogen-bond acceptors (Lipinski definition) is 7. The molecule has 1 aliphatic heterocycles. The number of carbonyl (C=O) groups is 2. The minimum absolute atomic E-state index is 0.00601. The number of esters is 1. The topological polar surface area (TPSA) is 89.3 Å². The minimum atomic E-state index is -0.568. The van der Waals surface area contributed by atoms with Gasteiger partial charge in [0.2, 0.25) is 0 Å². The fourth-order valence-electron chi connectivity index (χ4n) is 5.51. The van der Waals surface area contributed by atoms with E-state index in [4.69, 9.17) is 37.7 Å². The largest absolute Gasteiger partial charge is 0.466 e. The molecule has 2 aromatic carbocycles. The Morgan fingerprint density at radius 3 is 2.63 bits per heavy atom. The third-order valence-corrected chi connectivity index (χ3v) is 8.34. The molecule has 3 heterocycles. The number of nitrogens with zero attached hydrogens (tertiary/aromatic N) is 5. The van der Waals surface area contributed by atoms with E-state index in [2.05, 4.69) is 5.10 Å². The van der Waals surface area contributed by atoms with Crippen LogP contribution in [0.15, 0.2) is 48.5 Å². The summed E-state index contributed by atoms with van der Waals surface area (Å²) in [5.41, 5.74) is 3.24. The number of rotatable bonds is 8. The van der Waals surface area contributed by atoms with Gasteiger partial charge in [-0.3, -0.25) is 9.59 Å². The summed E-state index contributed by atoms with van der Waals surface area (Å²) >= 11 is 12.5. The van der Waals surface area contributed by atoms with Gasteiger partial charge in [0.05, 0.1) is 40.6 Å². The number of methoxy groups -OCH3 is 1. The molecule has 0 radical (unpaired) electrons. The number of anilines is 2. The van der Waals surface area contributed by atoms with Gasteiger partial charge in [-0.25, -0.2) is 9.37 Å². The summed E-state index contributed by atoms with van der Waals surface area (Å²) in [7, 11) is 3.42. The minimum Gasteiger partial charge on any atom is -0.466 e. The smallest absolute Gasteiger partial charge is 0.306 e. The van der Waals surface area contributed by atoms with Crippen molar-refractivity contribution >= 4 is 52.2 Å². The van der Waals surface area contributed by atoms with Crippen LogP contribution in [-0.4, -0.2) is 71.3 Å². The first-order valence-electron chi connectivity index (χ1n) is 13.9. The molecule has 43 heavy (non-hydrogen) atoms. The van der Waals surface area contributed by atoms with Gasteiger partial charge < -0.3 is 19.3 Å². The Kier molecular flexibility index (Phi) is 9.19. The van der Waals surface area contributed by atoms with Crippen LogP contribution in [0.25, 0.3) is 16.9 Å². The van der Waals surface area contributed by atoms with Crippen LogP contribution in [0.3, 0.4) is 0 Å². The molecule has 12 heteroatoms. The van der Waals surface area contributed by atoms with Crippen molar-refractivity contribution in [3.05, 3.63) is 75.7 Å². The van der Waals surface area contributed by atoms with Crippen molar-refractivity contribution in [3.8, 4) is 11.3 Å². The lowest BCUT2D eigenvalue weighted by atomic mass is 9.90. The number of amides is 1. The number of aromatic nitrogens is 3. The van der Waals surface area contributed by atoms with E-state index < -0.39 is 5.82 Å². The number of halogens is 3. The van der Waals surface area contributed by atoms with Crippen LogP contribution in [-0.2, 0) is 14.3 Å². The standard InChI is InChI=1S/C31H32Cl2FN5O4/c1-5-43-29(40)14-20-11-12-38(17-26(20)42-4)31(41)25-15-27-35-24(19-9-10-21(32)23(34)13-19)16-28(39(27)36-25)37(3)30-18(2)7-6-8-22(30)33/h6-10,13,15-16,20,26H,5,11-12,14,17H2,1-4H3/t20-,26-/m0/s1. The Balaban J connectivity index is 1.53. The molecule has 1 saturated heterocycles. The highest BCUT2D eigenvalue weighted by Crippen LogP contribution is 2.36.